The van der Waals surface area contributed by atoms with Gasteiger partial charge in [-0.05, 0) is 36.4 Å². The van der Waals surface area contributed by atoms with E-state index in [-0.39, 0.29) is 24.1 Å². The van der Waals surface area contributed by atoms with Crippen molar-refractivity contribution in [2.75, 3.05) is 17.8 Å². The zero-order valence-electron chi connectivity index (χ0n) is 19.3. The second kappa shape index (κ2) is 9.68. The van der Waals surface area contributed by atoms with Gasteiger partial charge in [0, 0.05) is 46.3 Å². The maximum atomic E-state index is 13.9. The van der Waals surface area contributed by atoms with Crippen LogP contribution in [0, 0.1) is 0 Å². The number of methoxy groups -OCH3 is 1. The van der Waals surface area contributed by atoms with Gasteiger partial charge in [0.15, 0.2) is 0 Å². The highest BCUT2D eigenvalue weighted by atomic mass is 35.5. The van der Waals surface area contributed by atoms with Crippen molar-refractivity contribution in [1.82, 2.24) is 9.88 Å². The van der Waals surface area contributed by atoms with Gasteiger partial charge in [0.05, 0.1) is 17.9 Å². The first-order chi connectivity index (χ1) is 17.0. The number of carbonyl (C=O) groups is 2. The second-order valence-corrected chi connectivity index (χ2v) is 9.66. The Labute approximate surface area is 212 Å². The monoisotopic (exact) mass is 505 g/mol. The van der Waals surface area contributed by atoms with Crippen molar-refractivity contribution in [1.29, 1.82) is 0 Å². The number of fused-ring (bicyclic) bond motifs is 3. The minimum atomic E-state index is -0.852. The first-order valence-electron chi connectivity index (χ1n) is 11.2. The van der Waals surface area contributed by atoms with E-state index in [0.717, 1.165) is 27.1 Å². The molecule has 5 rings (SSSR count). The number of amides is 2. The van der Waals surface area contributed by atoms with E-state index in [4.69, 9.17) is 16.3 Å². The van der Waals surface area contributed by atoms with Crippen molar-refractivity contribution in [3.05, 3.63) is 88.9 Å². The SMILES string of the molecule is COc1ccccc1CNC(=O)[C@@H]1c2c(n(C)c3ccccc23)SCC(=O)N1c1ccc(Cl)cc1. The lowest BCUT2D eigenvalue weighted by molar-refractivity contribution is -0.125. The summed E-state index contributed by atoms with van der Waals surface area (Å²) in [6.45, 7) is 0.273. The predicted octanol–water partition coefficient (Wildman–Crippen LogP) is 5.34. The molecule has 0 saturated heterocycles. The van der Waals surface area contributed by atoms with E-state index in [2.05, 4.69) is 9.88 Å². The molecule has 0 unspecified atom stereocenters. The van der Waals surface area contributed by atoms with Crippen LogP contribution in [-0.4, -0.2) is 29.2 Å². The Balaban J connectivity index is 1.63. The molecule has 1 aliphatic heterocycles. The first-order valence-corrected chi connectivity index (χ1v) is 12.5. The third kappa shape index (κ3) is 4.26. The van der Waals surface area contributed by atoms with E-state index < -0.39 is 6.04 Å². The molecule has 8 heteroatoms. The zero-order chi connectivity index (χ0) is 24.5. The number of para-hydroxylation sites is 2. The number of hydrogen-bond acceptors (Lipinski definition) is 4. The number of anilines is 1. The van der Waals surface area contributed by atoms with Gasteiger partial charge in [0.2, 0.25) is 11.8 Å². The molecule has 6 nitrogen and oxygen atoms in total. The molecular weight excluding hydrogens is 482 g/mol. The highest BCUT2D eigenvalue weighted by Gasteiger charge is 2.39. The maximum Gasteiger partial charge on any atom is 0.248 e. The van der Waals surface area contributed by atoms with E-state index in [1.165, 1.54) is 11.8 Å². The molecule has 0 bridgehead atoms. The molecule has 2 heterocycles. The number of nitrogens with zero attached hydrogens (tertiary/aromatic N) is 2. The van der Waals surface area contributed by atoms with Crippen molar-refractivity contribution in [3.8, 4) is 5.75 Å². The van der Waals surface area contributed by atoms with Gasteiger partial charge in [0.25, 0.3) is 0 Å². The normalized spacial score (nSPS) is 15.6. The number of thioether (sulfide) groups is 1. The summed E-state index contributed by atoms with van der Waals surface area (Å²) < 4.78 is 7.51. The summed E-state index contributed by atoms with van der Waals surface area (Å²) in [7, 11) is 3.58. The van der Waals surface area contributed by atoms with Crippen LogP contribution in [0.3, 0.4) is 0 Å². The maximum absolute atomic E-state index is 13.9. The quantitative estimate of drug-likeness (QED) is 0.398. The third-order valence-corrected chi connectivity index (χ3v) is 7.63. The van der Waals surface area contributed by atoms with Gasteiger partial charge in [-0.3, -0.25) is 14.5 Å². The largest absolute Gasteiger partial charge is 0.496 e. The molecule has 0 aliphatic carbocycles. The van der Waals surface area contributed by atoms with Crippen LogP contribution in [0.1, 0.15) is 17.2 Å². The molecule has 35 heavy (non-hydrogen) atoms. The van der Waals surface area contributed by atoms with Crippen molar-refractivity contribution in [3.63, 3.8) is 0 Å². The number of benzene rings is 3. The van der Waals surface area contributed by atoms with E-state index in [9.17, 15) is 9.59 Å². The minimum absolute atomic E-state index is 0.143. The van der Waals surface area contributed by atoms with Crippen LogP contribution in [0.15, 0.2) is 77.8 Å². The molecule has 2 amide bonds. The van der Waals surface area contributed by atoms with Crippen molar-refractivity contribution in [2.45, 2.75) is 17.6 Å². The van der Waals surface area contributed by atoms with Gasteiger partial charge in [-0.25, -0.2) is 0 Å². The number of halogens is 1. The van der Waals surface area contributed by atoms with Gasteiger partial charge in [-0.15, -0.1) is 0 Å². The number of hydrogen-bond donors (Lipinski definition) is 1. The number of ether oxygens (including phenoxy) is 1. The molecular formula is C27H24ClN3O3S. The molecule has 0 spiro atoms. The predicted molar refractivity (Wildman–Crippen MR) is 140 cm³/mol. The van der Waals surface area contributed by atoms with Crippen LogP contribution in [0.5, 0.6) is 5.75 Å². The summed E-state index contributed by atoms with van der Waals surface area (Å²) in [5.74, 6) is 0.505. The van der Waals surface area contributed by atoms with Crippen molar-refractivity contribution in [2.24, 2.45) is 7.05 Å². The number of aromatic nitrogens is 1. The molecule has 1 atom stereocenters. The lowest BCUT2D eigenvalue weighted by Crippen LogP contribution is -2.43. The summed E-state index contributed by atoms with van der Waals surface area (Å²) in [6.07, 6.45) is 0. The van der Waals surface area contributed by atoms with E-state index in [1.807, 2.05) is 55.6 Å². The minimum Gasteiger partial charge on any atom is -0.496 e. The average molecular weight is 506 g/mol. The van der Waals surface area contributed by atoms with Crippen LogP contribution >= 0.6 is 23.4 Å². The third-order valence-electron chi connectivity index (χ3n) is 6.22. The van der Waals surface area contributed by atoms with Crippen LogP contribution in [-0.2, 0) is 23.2 Å². The Morgan fingerprint density at radius 1 is 1.09 bits per heavy atom. The number of rotatable bonds is 5. The Morgan fingerprint density at radius 3 is 2.57 bits per heavy atom. The van der Waals surface area contributed by atoms with Crippen LogP contribution in [0.2, 0.25) is 5.02 Å². The summed E-state index contributed by atoms with van der Waals surface area (Å²) in [5, 5.41) is 5.48. The van der Waals surface area contributed by atoms with E-state index in [1.54, 1.807) is 36.3 Å². The van der Waals surface area contributed by atoms with Gasteiger partial charge < -0.3 is 14.6 Å². The molecule has 4 aromatic rings. The van der Waals surface area contributed by atoms with Gasteiger partial charge in [-0.1, -0.05) is 59.8 Å². The number of aryl methyl sites for hydroxylation is 1. The molecule has 1 aliphatic rings. The van der Waals surface area contributed by atoms with Gasteiger partial charge in [0.1, 0.15) is 11.8 Å². The Kier molecular flexibility index (Phi) is 6.45. The molecule has 0 fully saturated rings. The summed E-state index contributed by atoms with van der Waals surface area (Å²) in [5.41, 5.74) is 3.32. The second-order valence-electron chi connectivity index (χ2n) is 8.26. The summed E-state index contributed by atoms with van der Waals surface area (Å²) >= 11 is 7.58. The highest BCUT2D eigenvalue weighted by Crippen LogP contribution is 2.43. The van der Waals surface area contributed by atoms with Crippen LogP contribution < -0.4 is 15.0 Å². The number of nitrogens with one attached hydrogen (secondary N) is 1. The summed E-state index contributed by atoms with van der Waals surface area (Å²) in [6, 6.07) is 21.7. The standard InChI is InChI=1S/C27H24ClN3O3S/c1-30-21-9-5-4-8-20(21)24-25(26(33)29-15-17-7-3-6-10-22(17)34-2)31(23(32)16-35-27(24)30)19-13-11-18(28)12-14-19/h3-14,25H,15-16H2,1-2H3,(H,29,33)/t25-/m0/s1. The zero-order valence-corrected chi connectivity index (χ0v) is 20.9. The topological polar surface area (TPSA) is 63.6 Å². The van der Waals surface area contributed by atoms with Gasteiger partial charge >= 0.3 is 0 Å². The lowest BCUT2D eigenvalue weighted by Gasteiger charge is -2.30. The molecule has 0 radical (unpaired) electrons. The fraction of sp³-hybridized carbons (Fsp3) is 0.185. The molecule has 3 aromatic carbocycles. The molecule has 178 valence electrons. The molecule has 1 aromatic heterocycles. The average Bonchev–Trinajstić information content (AvgIpc) is 3.06. The first kappa shape index (κ1) is 23.3. The Morgan fingerprint density at radius 2 is 1.80 bits per heavy atom. The summed E-state index contributed by atoms with van der Waals surface area (Å²) in [4.78, 5) is 29.0. The smallest absolute Gasteiger partial charge is 0.248 e. The lowest BCUT2D eigenvalue weighted by atomic mass is 10.0. The van der Waals surface area contributed by atoms with Crippen molar-refractivity contribution < 1.29 is 14.3 Å². The number of carbonyl (C=O) groups excluding carboxylic acids is 2. The molecule has 1 N–H and O–H groups in total. The fourth-order valence-corrected chi connectivity index (χ4v) is 5.78. The van der Waals surface area contributed by atoms with E-state index in [0.29, 0.717) is 16.5 Å². The van der Waals surface area contributed by atoms with Crippen molar-refractivity contribution >= 4 is 51.8 Å². The van der Waals surface area contributed by atoms with Crippen LogP contribution in [0.4, 0.5) is 5.69 Å². The van der Waals surface area contributed by atoms with Gasteiger partial charge in [-0.2, -0.15) is 0 Å². The fourth-order valence-electron chi connectivity index (χ4n) is 4.58. The molecule has 0 saturated carbocycles. The van der Waals surface area contributed by atoms with E-state index >= 15 is 0 Å². The van der Waals surface area contributed by atoms with Crippen LogP contribution in [0.25, 0.3) is 10.9 Å². The Bertz CT molecular complexity index is 1420. The highest BCUT2D eigenvalue weighted by molar-refractivity contribution is 8.00. The Hall–Kier alpha value is -3.42.